The van der Waals surface area contributed by atoms with Crippen LogP contribution >= 0.6 is 0 Å². The second kappa shape index (κ2) is 7.64. The SMILES string of the molecule is CCN1CCN(C(=O)c2c(C)nn(-c3ccc(C)cc3)c2-n2cccc2)CC1. The maximum atomic E-state index is 13.5. The molecule has 28 heavy (non-hydrogen) atoms. The molecule has 0 N–H and O–H groups in total. The number of hydrogen-bond acceptors (Lipinski definition) is 3. The average Bonchev–Trinajstić information content (AvgIpc) is 3.35. The maximum Gasteiger partial charge on any atom is 0.259 e. The van der Waals surface area contributed by atoms with Gasteiger partial charge in [-0.15, -0.1) is 0 Å². The largest absolute Gasteiger partial charge is 0.336 e. The highest BCUT2D eigenvalue weighted by Crippen LogP contribution is 2.25. The van der Waals surface area contributed by atoms with Gasteiger partial charge in [0.25, 0.3) is 5.91 Å². The molecule has 0 radical (unpaired) electrons. The van der Waals surface area contributed by atoms with Crippen LogP contribution in [0.3, 0.4) is 0 Å². The van der Waals surface area contributed by atoms with Crippen LogP contribution in [0.1, 0.15) is 28.5 Å². The van der Waals surface area contributed by atoms with Gasteiger partial charge in [0.1, 0.15) is 5.56 Å². The predicted octanol–water partition coefficient (Wildman–Crippen LogP) is 3.06. The molecule has 0 bridgehead atoms. The van der Waals surface area contributed by atoms with Crippen molar-refractivity contribution in [3.63, 3.8) is 0 Å². The van der Waals surface area contributed by atoms with E-state index in [1.165, 1.54) is 5.56 Å². The molecule has 0 aliphatic carbocycles. The standard InChI is InChI=1S/C22H27N5O/c1-4-24-13-15-26(16-14-24)22(28)20-18(3)23-27(19-9-7-17(2)8-10-19)21(20)25-11-5-6-12-25/h5-12H,4,13-16H2,1-3H3. The molecule has 3 heterocycles. The van der Waals surface area contributed by atoms with Crippen molar-refractivity contribution in [1.29, 1.82) is 0 Å². The van der Waals surface area contributed by atoms with Crippen molar-refractivity contribution >= 4 is 5.91 Å². The minimum Gasteiger partial charge on any atom is -0.336 e. The first kappa shape index (κ1) is 18.5. The Kier molecular flexibility index (Phi) is 5.05. The van der Waals surface area contributed by atoms with E-state index < -0.39 is 0 Å². The molecule has 1 aliphatic rings. The zero-order valence-corrected chi connectivity index (χ0v) is 16.8. The molecule has 1 aromatic carbocycles. The molecule has 6 heteroatoms. The number of nitrogens with zero attached hydrogens (tertiary/aromatic N) is 5. The molecule has 146 valence electrons. The second-order valence-corrected chi connectivity index (χ2v) is 7.35. The van der Waals surface area contributed by atoms with E-state index in [1.54, 1.807) is 0 Å². The molecular formula is C22H27N5O. The van der Waals surface area contributed by atoms with Crippen molar-refractivity contribution in [3.8, 4) is 11.5 Å². The van der Waals surface area contributed by atoms with Crippen LogP contribution in [-0.2, 0) is 0 Å². The molecule has 1 saturated heterocycles. The Morgan fingerprint density at radius 3 is 2.25 bits per heavy atom. The number of rotatable bonds is 4. The quantitative estimate of drug-likeness (QED) is 0.702. The van der Waals surface area contributed by atoms with Crippen LogP contribution in [0, 0.1) is 13.8 Å². The van der Waals surface area contributed by atoms with Crippen molar-refractivity contribution < 1.29 is 4.79 Å². The van der Waals surface area contributed by atoms with E-state index in [4.69, 9.17) is 5.10 Å². The van der Waals surface area contributed by atoms with E-state index in [2.05, 4.69) is 30.9 Å². The van der Waals surface area contributed by atoms with Crippen LogP contribution in [0.25, 0.3) is 11.5 Å². The molecule has 0 spiro atoms. The highest BCUT2D eigenvalue weighted by atomic mass is 16.2. The van der Waals surface area contributed by atoms with Gasteiger partial charge in [-0.05, 0) is 44.7 Å². The molecule has 0 saturated carbocycles. The number of piperazine rings is 1. The number of hydrogen-bond donors (Lipinski definition) is 0. The Bertz CT molecular complexity index is 948. The van der Waals surface area contributed by atoms with Gasteiger partial charge < -0.3 is 14.4 Å². The van der Waals surface area contributed by atoms with Gasteiger partial charge in [0.2, 0.25) is 0 Å². The molecular weight excluding hydrogens is 350 g/mol. The lowest BCUT2D eigenvalue weighted by atomic mass is 10.1. The molecule has 1 aliphatic heterocycles. The van der Waals surface area contributed by atoms with Gasteiger partial charge >= 0.3 is 0 Å². The Morgan fingerprint density at radius 1 is 1.00 bits per heavy atom. The van der Waals surface area contributed by atoms with E-state index in [0.29, 0.717) is 5.56 Å². The number of aryl methyl sites for hydroxylation is 2. The maximum absolute atomic E-state index is 13.5. The van der Waals surface area contributed by atoms with Gasteiger partial charge in [0.15, 0.2) is 5.82 Å². The third-order valence-corrected chi connectivity index (χ3v) is 5.48. The fourth-order valence-corrected chi connectivity index (χ4v) is 3.77. The van der Waals surface area contributed by atoms with Crippen LogP contribution in [0.15, 0.2) is 48.8 Å². The minimum atomic E-state index is 0.0651. The summed E-state index contributed by atoms with van der Waals surface area (Å²) in [5.41, 5.74) is 3.58. The first-order chi connectivity index (χ1) is 13.6. The summed E-state index contributed by atoms with van der Waals surface area (Å²) in [6, 6.07) is 12.2. The van der Waals surface area contributed by atoms with Crippen molar-refractivity contribution in [2.24, 2.45) is 0 Å². The summed E-state index contributed by atoms with van der Waals surface area (Å²) in [5.74, 6) is 0.865. The third-order valence-electron chi connectivity index (χ3n) is 5.48. The predicted molar refractivity (Wildman–Crippen MR) is 110 cm³/mol. The second-order valence-electron chi connectivity index (χ2n) is 7.35. The van der Waals surface area contributed by atoms with Crippen molar-refractivity contribution in [1.82, 2.24) is 24.1 Å². The van der Waals surface area contributed by atoms with Crippen molar-refractivity contribution in [3.05, 3.63) is 65.6 Å². The lowest BCUT2D eigenvalue weighted by molar-refractivity contribution is 0.0642. The summed E-state index contributed by atoms with van der Waals surface area (Å²) in [7, 11) is 0. The van der Waals surface area contributed by atoms with E-state index in [9.17, 15) is 4.79 Å². The molecule has 1 fully saturated rings. The van der Waals surface area contributed by atoms with Gasteiger partial charge in [-0.2, -0.15) is 5.10 Å². The molecule has 1 amide bonds. The van der Waals surface area contributed by atoms with Crippen LogP contribution in [0.4, 0.5) is 0 Å². The number of carbonyl (C=O) groups is 1. The van der Waals surface area contributed by atoms with E-state index in [1.807, 2.05) is 57.7 Å². The molecule has 0 atom stereocenters. The lowest BCUT2D eigenvalue weighted by Crippen LogP contribution is -2.48. The number of amides is 1. The average molecular weight is 377 g/mol. The first-order valence-corrected chi connectivity index (χ1v) is 9.90. The zero-order chi connectivity index (χ0) is 19.7. The third kappa shape index (κ3) is 3.36. The summed E-state index contributed by atoms with van der Waals surface area (Å²) in [6.45, 7) is 10.5. The summed E-state index contributed by atoms with van der Waals surface area (Å²) in [5, 5.41) is 4.75. The Balaban J connectivity index is 1.77. The number of likely N-dealkylation sites (N-methyl/N-ethyl adjacent to an activating group) is 1. The van der Waals surface area contributed by atoms with Gasteiger partial charge in [-0.1, -0.05) is 24.6 Å². The summed E-state index contributed by atoms with van der Waals surface area (Å²) >= 11 is 0. The number of benzene rings is 1. The fraction of sp³-hybridized carbons (Fsp3) is 0.364. The van der Waals surface area contributed by atoms with Crippen molar-refractivity contribution in [2.45, 2.75) is 20.8 Å². The van der Waals surface area contributed by atoms with Gasteiger partial charge in [0.05, 0.1) is 11.4 Å². The summed E-state index contributed by atoms with van der Waals surface area (Å²) in [4.78, 5) is 17.8. The number of aromatic nitrogens is 3. The minimum absolute atomic E-state index is 0.0651. The first-order valence-electron chi connectivity index (χ1n) is 9.90. The Labute approximate surface area is 166 Å². The van der Waals surface area contributed by atoms with Crippen LogP contribution in [0.5, 0.6) is 0 Å². The monoisotopic (exact) mass is 377 g/mol. The highest BCUT2D eigenvalue weighted by Gasteiger charge is 2.29. The molecule has 6 nitrogen and oxygen atoms in total. The van der Waals surface area contributed by atoms with E-state index in [0.717, 1.165) is 49.9 Å². The molecule has 0 unspecified atom stereocenters. The highest BCUT2D eigenvalue weighted by molar-refractivity contribution is 5.98. The van der Waals surface area contributed by atoms with Crippen LogP contribution in [-0.4, -0.2) is 62.8 Å². The van der Waals surface area contributed by atoms with E-state index >= 15 is 0 Å². The summed E-state index contributed by atoms with van der Waals surface area (Å²) in [6.07, 6.45) is 3.93. The van der Waals surface area contributed by atoms with Gasteiger partial charge in [-0.25, -0.2) is 4.68 Å². The normalized spacial score (nSPS) is 15.2. The smallest absolute Gasteiger partial charge is 0.259 e. The van der Waals surface area contributed by atoms with Gasteiger partial charge in [0, 0.05) is 38.6 Å². The van der Waals surface area contributed by atoms with Crippen molar-refractivity contribution in [2.75, 3.05) is 32.7 Å². The summed E-state index contributed by atoms with van der Waals surface area (Å²) < 4.78 is 3.86. The van der Waals surface area contributed by atoms with Crippen LogP contribution < -0.4 is 0 Å². The Morgan fingerprint density at radius 2 is 1.64 bits per heavy atom. The molecule has 2 aromatic heterocycles. The fourth-order valence-electron chi connectivity index (χ4n) is 3.77. The van der Waals surface area contributed by atoms with Gasteiger partial charge in [-0.3, -0.25) is 4.79 Å². The van der Waals surface area contributed by atoms with E-state index in [-0.39, 0.29) is 5.91 Å². The lowest BCUT2D eigenvalue weighted by Gasteiger charge is -2.34. The van der Waals surface area contributed by atoms with Crippen LogP contribution in [0.2, 0.25) is 0 Å². The molecule has 3 aromatic rings. The molecule has 4 rings (SSSR count). The zero-order valence-electron chi connectivity index (χ0n) is 16.8. The Hall–Kier alpha value is -2.86. The number of carbonyl (C=O) groups excluding carboxylic acids is 1. The topological polar surface area (TPSA) is 46.3 Å².